The third kappa shape index (κ3) is 3.45. The maximum Gasteiger partial charge on any atom is 0.301 e. The molecule has 0 bridgehead atoms. The molecule has 2 heterocycles. The zero-order chi connectivity index (χ0) is 18.0. The molecule has 3 N–H and O–H groups in total. The van der Waals surface area contributed by atoms with E-state index in [9.17, 15) is 8.42 Å². The SMILES string of the molecule is CC1CCCN(S(=O)(=O)Nc2ccccc2-n2ncc(C#N)c2N)C1. The number of hydrogen-bond acceptors (Lipinski definition) is 5. The second-order valence-electron chi connectivity index (χ2n) is 6.20. The minimum absolute atomic E-state index is 0.167. The Balaban J connectivity index is 1.94. The van der Waals surface area contributed by atoms with E-state index in [0.717, 1.165) is 12.8 Å². The Hall–Kier alpha value is -2.57. The minimum atomic E-state index is -3.68. The minimum Gasteiger partial charge on any atom is -0.382 e. The average molecular weight is 360 g/mol. The fourth-order valence-corrected chi connectivity index (χ4v) is 4.35. The van der Waals surface area contributed by atoms with E-state index in [1.54, 1.807) is 24.3 Å². The summed E-state index contributed by atoms with van der Waals surface area (Å²) in [6, 6.07) is 8.78. The van der Waals surface area contributed by atoms with Crippen molar-refractivity contribution < 1.29 is 8.42 Å². The van der Waals surface area contributed by atoms with Gasteiger partial charge in [0, 0.05) is 13.1 Å². The highest BCUT2D eigenvalue weighted by atomic mass is 32.2. The highest BCUT2D eigenvalue weighted by molar-refractivity contribution is 7.90. The van der Waals surface area contributed by atoms with Crippen molar-refractivity contribution in [2.24, 2.45) is 5.92 Å². The van der Waals surface area contributed by atoms with Crippen LogP contribution in [0.5, 0.6) is 0 Å². The van der Waals surface area contributed by atoms with E-state index in [2.05, 4.69) is 9.82 Å². The van der Waals surface area contributed by atoms with E-state index in [4.69, 9.17) is 11.0 Å². The summed E-state index contributed by atoms with van der Waals surface area (Å²) in [6.07, 6.45) is 3.23. The maximum absolute atomic E-state index is 12.7. The predicted octanol–water partition coefficient (Wildman–Crippen LogP) is 1.71. The first kappa shape index (κ1) is 17.3. The number of hydrogen-bond donors (Lipinski definition) is 2. The first-order valence-corrected chi connectivity index (χ1v) is 9.47. The smallest absolute Gasteiger partial charge is 0.301 e. The molecule has 1 aliphatic rings. The lowest BCUT2D eigenvalue weighted by atomic mass is 10.0. The van der Waals surface area contributed by atoms with E-state index < -0.39 is 10.2 Å². The highest BCUT2D eigenvalue weighted by Crippen LogP contribution is 2.26. The number of para-hydroxylation sites is 2. The summed E-state index contributed by atoms with van der Waals surface area (Å²) in [7, 11) is -3.68. The number of nitrogens with one attached hydrogen (secondary N) is 1. The van der Waals surface area contributed by atoms with Gasteiger partial charge in [-0.25, -0.2) is 4.68 Å². The Kier molecular flexibility index (Phi) is 4.65. The standard InChI is InChI=1S/C16H20N6O2S/c1-12-5-4-8-21(11-12)25(23,24)20-14-6-2-3-7-15(14)22-16(18)13(9-17)10-19-22/h2-3,6-7,10,12,20H,4-5,8,11,18H2,1H3. The van der Waals surface area contributed by atoms with Gasteiger partial charge in [-0.1, -0.05) is 19.1 Å². The molecule has 0 aliphatic carbocycles. The molecule has 1 aromatic carbocycles. The van der Waals surface area contributed by atoms with E-state index in [1.165, 1.54) is 15.2 Å². The van der Waals surface area contributed by atoms with Gasteiger partial charge in [-0.05, 0) is 30.9 Å². The van der Waals surface area contributed by atoms with Crippen LogP contribution in [0.4, 0.5) is 11.5 Å². The molecular formula is C16H20N6O2S. The van der Waals surface area contributed by atoms with E-state index in [1.807, 2.05) is 13.0 Å². The van der Waals surface area contributed by atoms with Crippen molar-refractivity contribution in [1.82, 2.24) is 14.1 Å². The number of aromatic nitrogens is 2. The molecule has 25 heavy (non-hydrogen) atoms. The van der Waals surface area contributed by atoms with Crippen molar-refractivity contribution >= 4 is 21.7 Å². The van der Waals surface area contributed by atoms with Crippen LogP contribution in [0.2, 0.25) is 0 Å². The molecule has 0 spiro atoms. The van der Waals surface area contributed by atoms with Gasteiger partial charge in [0.15, 0.2) is 0 Å². The molecule has 0 radical (unpaired) electrons. The fourth-order valence-electron chi connectivity index (χ4n) is 2.95. The van der Waals surface area contributed by atoms with Gasteiger partial charge in [0.05, 0.1) is 17.6 Å². The Morgan fingerprint density at radius 3 is 2.84 bits per heavy atom. The van der Waals surface area contributed by atoms with Crippen molar-refractivity contribution in [3.05, 3.63) is 36.0 Å². The molecular weight excluding hydrogens is 340 g/mol. The van der Waals surface area contributed by atoms with Crippen LogP contribution < -0.4 is 10.5 Å². The summed E-state index contributed by atoms with van der Waals surface area (Å²) in [5, 5.41) is 13.1. The maximum atomic E-state index is 12.7. The van der Waals surface area contributed by atoms with Crippen LogP contribution in [0.1, 0.15) is 25.3 Å². The normalized spacial score (nSPS) is 18.6. The Bertz CT molecular complexity index is 915. The van der Waals surface area contributed by atoms with Crippen molar-refractivity contribution in [3.8, 4) is 11.8 Å². The summed E-state index contributed by atoms with van der Waals surface area (Å²) in [4.78, 5) is 0. The first-order valence-electron chi connectivity index (χ1n) is 8.03. The lowest BCUT2D eigenvalue weighted by Crippen LogP contribution is -2.42. The number of benzene rings is 1. The van der Waals surface area contributed by atoms with Crippen LogP contribution in [0, 0.1) is 17.2 Å². The van der Waals surface area contributed by atoms with E-state index in [-0.39, 0.29) is 11.4 Å². The lowest BCUT2D eigenvalue weighted by molar-refractivity contribution is 0.282. The van der Waals surface area contributed by atoms with Crippen LogP contribution in [-0.2, 0) is 10.2 Å². The van der Waals surface area contributed by atoms with Crippen LogP contribution in [0.15, 0.2) is 30.5 Å². The van der Waals surface area contributed by atoms with Gasteiger partial charge < -0.3 is 5.73 Å². The molecule has 0 saturated carbocycles. The fraction of sp³-hybridized carbons (Fsp3) is 0.375. The Morgan fingerprint density at radius 1 is 1.40 bits per heavy atom. The quantitative estimate of drug-likeness (QED) is 0.861. The number of piperidine rings is 1. The van der Waals surface area contributed by atoms with Gasteiger partial charge in [-0.3, -0.25) is 4.72 Å². The average Bonchev–Trinajstić information content (AvgIpc) is 2.95. The molecule has 1 unspecified atom stereocenters. The summed E-state index contributed by atoms with van der Waals surface area (Å²) < 4.78 is 30.9. The zero-order valence-electron chi connectivity index (χ0n) is 13.9. The van der Waals surface area contributed by atoms with Gasteiger partial charge in [0.2, 0.25) is 0 Å². The number of anilines is 2. The summed E-state index contributed by atoms with van der Waals surface area (Å²) in [5.74, 6) is 0.501. The molecule has 1 aliphatic heterocycles. The lowest BCUT2D eigenvalue weighted by Gasteiger charge is -2.30. The van der Waals surface area contributed by atoms with E-state index in [0.29, 0.717) is 30.4 Å². The Labute approximate surface area is 147 Å². The molecule has 1 saturated heterocycles. The molecule has 8 nitrogen and oxygen atoms in total. The van der Waals surface area contributed by atoms with Gasteiger partial charge in [-0.2, -0.15) is 23.1 Å². The zero-order valence-corrected chi connectivity index (χ0v) is 14.7. The van der Waals surface area contributed by atoms with Gasteiger partial charge in [0.25, 0.3) is 0 Å². The summed E-state index contributed by atoms with van der Waals surface area (Å²) in [6.45, 7) is 3.05. The van der Waals surface area contributed by atoms with Gasteiger partial charge >= 0.3 is 10.2 Å². The van der Waals surface area contributed by atoms with Gasteiger partial charge in [-0.15, -0.1) is 0 Å². The van der Waals surface area contributed by atoms with E-state index >= 15 is 0 Å². The topological polar surface area (TPSA) is 117 Å². The largest absolute Gasteiger partial charge is 0.382 e. The molecule has 1 fully saturated rings. The number of nitriles is 1. The second-order valence-corrected chi connectivity index (χ2v) is 7.87. The van der Waals surface area contributed by atoms with Crippen LogP contribution in [-0.4, -0.2) is 35.6 Å². The van der Waals surface area contributed by atoms with Crippen molar-refractivity contribution in [3.63, 3.8) is 0 Å². The second kappa shape index (κ2) is 6.74. The third-order valence-electron chi connectivity index (χ3n) is 4.26. The number of nitrogens with zero attached hydrogens (tertiary/aromatic N) is 4. The molecule has 0 amide bonds. The van der Waals surface area contributed by atoms with Crippen molar-refractivity contribution in [2.45, 2.75) is 19.8 Å². The molecule has 1 atom stereocenters. The number of rotatable bonds is 4. The van der Waals surface area contributed by atoms with Gasteiger partial charge in [0.1, 0.15) is 17.5 Å². The third-order valence-corrected chi connectivity index (χ3v) is 5.75. The van der Waals surface area contributed by atoms with Crippen LogP contribution in [0.3, 0.4) is 0 Å². The summed E-state index contributed by atoms with van der Waals surface area (Å²) in [5.41, 5.74) is 7.00. The van der Waals surface area contributed by atoms with Crippen LogP contribution >= 0.6 is 0 Å². The number of nitrogens with two attached hydrogens (primary N) is 1. The number of nitrogen functional groups attached to an aromatic ring is 1. The summed E-state index contributed by atoms with van der Waals surface area (Å²) >= 11 is 0. The Morgan fingerprint density at radius 2 is 2.16 bits per heavy atom. The molecule has 3 rings (SSSR count). The monoisotopic (exact) mass is 360 g/mol. The van der Waals surface area contributed by atoms with Crippen LogP contribution in [0.25, 0.3) is 5.69 Å². The van der Waals surface area contributed by atoms with Crippen molar-refractivity contribution in [2.75, 3.05) is 23.5 Å². The molecule has 9 heteroatoms. The highest BCUT2D eigenvalue weighted by Gasteiger charge is 2.28. The molecule has 2 aromatic rings. The first-order chi connectivity index (χ1) is 11.9. The molecule has 132 valence electrons. The van der Waals surface area contributed by atoms with Crippen molar-refractivity contribution in [1.29, 1.82) is 5.26 Å². The molecule has 1 aromatic heterocycles. The predicted molar refractivity (Wildman–Crippen MR) is 95.2 cm³/mol.